The van der Waals surface area contributed by atoms with E-state index in [4.69, 9.17) is 10.8 Å². The van der Waals surface area contributed by atoms with Gasteiger partial charge in [-0.2, -0.15) is 0 Å². The lowest BCUT2D eigenvalue weighted by Gasteiger charge is -2.21. The van der Waals surface area contributed by atoms with Crippen LogP contribution in [0.5, 0.6) is 0 Å². The lowest BCUT2D eigenvalue weighted by molar-refractivity contribution is 0.136. The minimum Gasteiger partial charge on any atom is -0.393 e. The van der Waals surface area contributed by atoms with Gasteiger partial charge in [-0.25, -0.2) is 0 Å². The molecule has 0 aliphatic carbocycles. The van der Waals surface area contributed by atoms with E-state index in [1.807, 2.05) is 20.8 Å². The zero-order chi connectivity index (χ0) is 7.49. The fourth-order valence-corrected chi connectivity index (χ4v) is 0.752. The number of aliphatic hydroxyl groups excluding tert-OH is 1. The molecule has 0 heterocycles. The van der Waals surface area contributed by atoms with Gasteiger partial charge in [0.25, 0.3) is 0 Å². The molecular formula is C7H17NO. The Morgan fingerprint density at radius 2 is 2.00 bits per heavy atom. The number of hydrogen-bond donors (Lipinski definition) is 2. The molecule has 1 atom stereocenters. The highest BCUT2D eigenvalue weighted by atomic mass is 16.3. The smallest absolute Gasteiger partial charge is 0.0554 e. The van der Waals surface area contributed by atoms with Gasteiger partial charge in [0.2, 0.25) is 0 Å². The maximum atomic E-state index is 9.11. The van der Waals surface area contributed by atoms with Crippen LogP contribution < -0.4 is 5.73 Å². The van der Waals surface area contributed by atoms with Gasteiger partial charge in [0, 0.05) is 5.54 Å². The van der Waals surface area contributed by atoms with Gasteiger partial charge in [-0.15, -0.1) is 0 Å². The lowest BCUT2D eigenvalue weighted by Crippen LogP contribution is -2.35. The Bertz CT molecular complexity index is 75.5. The van der Waals surface area contributed by atoms with E-state index in [0.717, 1.165) is 6.42 Å². The first-order valence-electron chi connectivity index (χ1n) is 3.42. The van der Waals surface area contributed by atoms with Crippen molar-refractivity contribution in [3.63, 3.8) is 0 Å². The summed E-state index contributed by atoms with van der Waals surface area (Å²) < 4.78 is 0. The first-order chi connectivity index (χ1) is 3.95. The summed E-state index contributed by atoms with van der Waals surface area (Å²) in [6.07, 6.45) is 1.24. The van der Waals surface area contributed by atoms with Gasteiger partial charge in [-0.3, -0.25) is 0 Å². The van der Waals surface area contributed by atoms with E-state index in [-0.39, 0.29) is 11.6 Å². The van der Waals surface area contributed by atoms with Gasteiger partial charge in [0.15, 0.2) is 0 Å². The Balaban J connectivity index is 3.47. The first kappa shape index (κ1) is 8.92. The van der Waals surface area contributed by atoms with E-state index in [2.05, 4.69) is 0 Å². The van der Waals surface area contributed by atoms with Crippen molar-refractivity contribution < 1.29 is 5.11 Å². The molecule has 0 saturated carbocycles. The SMILES string of the molecule is CCC(O)CC(C)(C)N. The molecule has 0 aromatic carbocycles. The molecule has 9 heavy (non-hydrogen) atoms. The van der Waals surface area contributed by atoms with Crippen molar-refractivity contribution in [1.29, 1.82) is 0 Å². The zero-order valence-corrected chi connectivity index (χ0v) is 6.52. The van der Waals surface area contributed by atoms with E-state index in [1.54, 1.807) is 0 Å². The predicted molar refractivity (Wildman–Crippen MR) is 39.2 cm³/mol. The molecule has 2 nitrogen and oxygen atoms in total. The maximum absolute atomic E-state index is 9.11. The molecule has 2 heteroatoms. The minimum absolute atomic E-state index is 0.227. The van der Waals surface area contributed by atoms with E-state index in [9.17, 15) is 0 Å². The van der Waals surface area contributed by atoms with Crippen molar-refractivity contribution >= 4 is 0 Å². The second kappa shape index (κ2) is 3.18. The molecule has 0 aromatic rings. The Morgan fingerprint density at radius 1 is 1.56 bits per heavy atom. The van der Waals surface area contributed by atoms with E-state index >= 15 is 0 Å². The summed E-state index contributed by atoms with van der Waals surface area (Å²) in [6, 6.07) is 0. The van der Waals surface area contributed by atoms with Crippen LogP contribution >= 0.6 is 0 Å². The van der Waals surface area contributed by atoms with Crippen molar-refractivity contribution in [2.45, 2.75) is 45.3 Å². The van der Waals surface area contributed by atoms with Crippen LogP contribution in [0.3, 0.4) is 0 Å². The maximum Gasteiger partial charge on any atom is 0.0554 e. The van der Waals surface area contributed by atoms with Gasteiger partial charge in [-0.05, 0) is 26.7 Å². The molecule has 0 aliphatic heterocycles. The molecule has 0 radical (unpaired) electrons. The number of aliphatic hydroxyl groups is 1. The molecule has 0 aliphatic rings. The molecule has 0 amide bonds. The highest BCUT2D eigenvalue weighted by Crippen LogP contribution is 2.09. The van der Waals surface area contributed by atoms with Crippen LogP contribution in [-0.4, -0.2) is 16.7 Å². The van der Waals surface area contributed by atoms with Gasteiger partial charge >= 0.3 is 0 Å². The van der Waals surface area contributed by atoms with Crippen molar-refractivity contribution in [3.8, 4) is 0 Å². The average molecular weight is 131 g/mol. The van der Waals surface area contributed by atoms with E-state index < -0.39 is 0 Å². The highest BCUT2D eigenvalue weighted by molar-refractivity contribution is 4.74. The van der Waals surface area contributed by atoms with Gasteiger partial charge in [0.05, 0.1) is 6.10 Å². The Kier molecular flexibility index (Phi) is 3.15. The van der Waals surface area contributed by atoms with E-state index in [0.29, 0.717) is 6.42 Å². The molecule has 1 unspecified atom stereocenters. The monoisotopic (exact) mass is 131 g/mol. The van der Waals surface area contributed by atoms with Crippen molar-refractivity contribution in [2.24, 2.45) is 5.73 Å². The molecule has 0 rings (SSSR count). The number of nitrogens with two attached hydrogens (primary N) is 1. The lowest BCUT2D eigenvalue weighted by atomic mass is 9.97. The predicted octanol–water partition coefficient (Wildman–Crippen LogP) is 0.885. The van der Waals surface area contributed by atoms with Crippen molar-refractivity contribution in [2.75, 3.05) is 0 Å². The summed E-state index contributed by atoms with van der Waals surface area (Å²) in [5, 5.41) is 9.11. The van der Waals surface area contributed by atoms with Crippen LogP contribution in [0.25, 0.3) is 0 Å². The molecule has 56 valence electrons. The third-order valence-electron chi connectivity index (χ3n) is 1.23. The van der Waals surface area contributed by atoms with E-state index in [1.165, 1.54) is 0 Å². The summed E-state index contributed by atoms with van der Waals surface area (Å²) in [5.41, 5.74) is 5.43. The minimum atomic E-state index is -0.231. The van der Waals surface area contributed by atoms with Crippen LogP contribution in [0.15, 0.2) is 0 Å². The third kappa shape index (κ3) is 5.80. The molecular weight excluding hydrogens is 114 g/mol. The normalized spacial score (nSPS) is 15.7. The standard InChI is InChI=1S/C7H17NO/c1-4-6(9)5-7(2,3)8/h6,9H,4-5,8H2,1-3H3. The van der Waals surface area contributed by atoms with Gasteiger partial charge in [0.1, 0.15) is 0 Å². The quantitative estimate of drug-likeness (QED) is 0.597. The second-order valence-electron chi connectivity index (χ2n) is 3.25. The highest BCUT2D eigenvalue weighted by Gasteiger charge is 2.14. The fraction of sp³-hybridized carbons (Fsp3) is 1.00. The average Bonchev–Trinajstić information content (AvgIpc) is 1.62. The van der Waals surface area contributed by atoms with Gasteiger partial charge < -0.3 is 10.8 Å². The largest absolute Gasteiger partial charge is 0.393 e. The molecule has 0 saturated heterocycles. The summed E-state index contributed by atoms with van der Waals surface area (Å²) >= 11 is 0. The van der Waals surface area contributed by atoms with Crippen LogP contribution in [0.1, 0.15) is 33.6 Å². The van der Waals surface area contributed by atoms with Crippen LogP contribution in [-0.2, 0) is 0 Å². The van der Waals surface area contributed by atoms with Crippen molar-refractivity contribution in [1.82, 2.24) is 0 Å². The molecule has 3 N–H and O–H groups in total. The Morgan fingerprint density at radius 3 is 2.11 bits per heavy atom. The number of hydrogen-bond acceptors (Lipinski definition) is 2. The second-order valence-corrected chi connectivity index (χ2v) is 3.25. The Labute approximate surface area is 57.1 Å². The van der Waals surface area contributed by atoms with Crippen LogP contribution in [0, 0.1) is 0 Å². The first-order valence-corrected chi connectivity index (χ1v) is 3.42. The summed E-state index contributed by atoms with van der Waals surface area (Å²) in [5.74, 6) is 0. The summed E-state index contributed by atoms with van der Waals surface area (Å²) in [6.45, 7) is 5.80. The molecule has 0 spiro atoms. The topological polar surface area (TPSA) is 46.2 Å². The Hall–Kier alpha value is -0.0800. The third-order valence-corrected chi connectivity index (χ3v) is 1.23. The van der Waals surface area contributed by atoms with Crippen molar-refractivity contribution in [3.05, 3.63) is 0 Å². The van der Waals surface area contributed by atoms with Crippen LogP contribution in [0.2, 0.25) is 0 Å². The molecule has 0 aromatic heterocycles. The summed E-state index contributed by atoms with van der Waals surface area (Å²) in [4.78, 5) is 0. The zero-order valence-electron chi connectivity index (χ0n) is 6.52. The fourth-order valence-electron chi connectivity index (χ4n) is 0.752. The summed E-state index contributed by atoms with van der Waals surface area (Å²) in [7, 11) is 0. The molecule has 0 bridgehead atoms. The van der Waals surface area contributed by atoms with Crippen LogP contribution in [0.4, 0.5) is 0 Å². The molecule has 0 fully saturated rings. The van der Waals surface area contributed by atoms with Gasteiger partial charge in [-0.1, -0.05) is 6.92 Å². The number of rotatable bonds is 3.